The van der Waals surface area contributed by atoms with Gasteiger partial charge in [-0.25, -0.2) is 8.42 Å². The summed E-state index contributed by atoms with van der Waals surface area (Å²) in [6.07, 6.45) is 0. The SMILES string of the molecule is [2H]c1c([2H])c(Oc2cc(Cl)cc(Cl)c2)c(S(=O)(=O)N2CC(=O)NC([2H])([2H])C2([2H])[2H])c([2H])c1C#N. The van der Waals surface area contributed by atoms with Gasteiger partial charge in [0.25, 0.3) is 0 Å². The second kappa shape index (κ2) is 7.74. The molecule has 1 amide bonds. The van der Waals surface area contributed by atoms with Crippen molar-refractivity contribution in [2.45, 2.75) is 4.90 Å². The fourth-order valence-corrected chi connectivity index (χ4v) is 3.75. The largest absolute Gasteiger partial charge is 0.456 e. The number of sulfonamides is 1. The third-order valence-corrected chi connectivity index (χ3v) is 5.17. The fraction of sp³-hybridized carbons (Fsp3) is 0.176. The number of nitrogens with one attached hydrogen (secondary N) is 1. The Hall–Kier alpha value is -2.31. The smallest absolute Gasteiger partial charge is 0.247 e. The van der Waals surface area contributed by atoms with Crippen molar-refractivity contribution < 1.29 is 27.5 Å². The molecule has 7 nitrogen and oxygen atoms in total. The second-order valence-electron chi connectivity index (χ2n) is 5.02. The van der Waals surface area contributed by atoms with Gasteiger partial charge in [0, 0.05) is 25.8 Å². The molecule has 0 unspecified atom stereocenters. The number of ether oxygens (including phenoxy) is 1. The topological polar surface area (TPSA) is 99.5 Å². The highest BCUT2D eigenvalue weighted by atomic mass is 35.5. The van der Waals surface area contributed by atoms with Gasteiger partial charge in [-0.2, -0.15) is 9.57 Å². The highest BCUT2D eigenvalue weighted by Gasteiger charge is 2.32. The van der Waals surface area contributed by atoms with Crippen molar-refractivity contribution in [1.29, 1.82) is 5.26 Å². The number of carbonyl (C=O) groups is 1. The van der Waals surface area contributed by atoms with Gasteiger partial charge >= 0.3 is 0 Å². The van der Waals surface area contributed by atoms with Crippen LogP contribution in [0.2, 0.25) is 10.0 Å². The molecule has 1 N–H and O–H groups in total. The molecule has 1 fully saturated rings. The zero-order valence-electron chi connectivity index (χ0n) is 20.1. The fourth-order valence-electron chi connectivity index (χ4n) is 2.02. The summed E-state index contributed by atoms with van der Waals surface area (Å²) in [4.78, 5) is 10.8. The van der Waals surface area contributed by atoms with E-state index in [1.54, 1.807) is 5.32 Å². The van der Waals surface area contributed by atoms with Crippen molar-refractivity contribution in [1.82, 2.24) is 9.62 Å². The Morgan fingerprint density at radius 1 is 1.30 bits per heavy atom. The number of hydrogen-bond acceptors (Lipinski definition) is 5. The van der Waals surface area contributed by atoms with Crippen LogP contribution in [0.15, 0.2) is 41.2 Å². The number of rotatable bonds is 4. The lowest BCUT2D eigenvalue weighted by molar-refractivity contribution is -0.122. The van der Waals surface area contributed by atoms with Gasteiger partial charge in [0.15, 0.2) is 0 Å². The average Bonchev–Trinajstić information content (AvgIpc) is 2.68. The molecule has 0 atom stereocenters. The van der Waals surface area contributed by atoms with Crippen LogP contribution in [0.25, 0.3) is 0 Å². The minimum atomic E-state index is -5.32. The van der Waals surface area contributed by atoms with Gasteiger partial charge in [-0.15, -0.1) is 0 Å². The summed E-state index contributed by atoms with van der Waals surface area (Å²) in [6, 6.07) is 2.25. The van der Waals surface area contributed by atoms with E-state index < -0.39 is 69.8 Å². The van der Waals surface area contributed by atoms with Crippen molar-refractivity contribution in [3.05, 3.63) is 51.9 Å². The maximum Gasteiger partial charge on any atom is 0.247 e. The van der Waals surface area contributed by atoms with Crippen LogP contribution in [0.1, 0.15) is 15.2 Å². The van der Waals surface area contributed by atoms with Crippen LogP contribution in [0.3, 0.4) is 0 Å². The number of piperazine rings is 1. The standard InChI is InChI=1S/C17H13Cl2N3O4S/c18-12-6-13(19)8-14(7-12)26-15-2-1-11(9-20)5-16(15)27(24,25)22-4-3-21-17(23)10-22/h1-2,5-8H,3-4,10H2,(H,21,23)/i1D,2D,3D2,4D2,5D. The van der Waals surface area contributed by atoms with Crippen molar-refractivity contribution in [2.75, 3.05) is 19.5 Å². The Labute approximate surface area is 175 Å². The first kappa shape index (κ1) is 12.2. The third-order valence-electron chi connectivity index (χ3n) is 3.13. The lowest BCUT2D eigenvalue weighted by Crippen LogP contribution is -2.49. The second-order valence-corrected chi connectivity index (χ2v) is 7.70. The molecule has 0 spiro atoms. The van der Waals surface area contributed by atoms with Gasteiger partial charge in [0.05, 0.1) is 25.0 Å². The number of hydrogen-bond donors (Lipinski definition) is 1. The predicted octanol–water partition coefficient (Wildman–Crippen LogP) is 2.78. The Bertz CT molecular complexity index is 1350. The minimum Gasteiger partial charge on any atom is -0.456 e. The first-order chi connectivity index (χ1) is 15.5. The van der Waals surface area contributed by atoms with Gasteiger partial charge in [-0.3, -0.25) is 4.79 Å². The molecule has 0 saturated carbocycles. The van der Waals surface area contributed by atoms with Gasteiger partial charge in [-0.05, 0) is 36.3 Å². The molecule has 0 radical (unpaired) electrons. The van der Waals surface area contributed by atoms with Crippen LogP contribution >= 0.6 is 23.2 Å². The number of amides is 1. The van der Waals surface area contributed by atoms with E-state index in [0.717, 1.165) is 0 Å². The maximum atomic E-state index is 13.6. The van der Waals surface area contributed by atoms with Crippen molar-refractivity contribution >= 4 is 39.1 Å². The monoisotopic (exact) mass is 432 g/mol. The van der Waals surface area contributed by atoms with Crippen LogP contribution in [0.4, 0.5) is 0 Å². The summed E-state index contributed by atoms with van der Waals surface area (Å²) in [6.45, 7) is -7.69. The molecule has 0 aliphatic carbocycles. The number of halogens is 2. The summed E-state index contributed by atoms with van der Waals surface area (Å²) < 4.78 is 88.4. The molecule has 0 bridgehead atoms. The summed E-state index contributed by atoms with van der Waals surface area (Å²) in [7, 11) is -5.32. The minimum absolute atomic E-state index is 0.0570. The Morgan fingerprint density at radius 3 is 2.67 bits per heavy atom. The molecular weight excluding hydrogens is 413 g/mol. The Kier molecular flexibility index (Phi) is 3.50. The maximum absolute atomic E-state index is 13.6. The third kappa shape index (κ3) is 4.34. The highest BCUT2D eigenvalue weighted by Crippen LogP contribution is 2.34. The first-order valence-electron chi connectivity index (χ1n) is 10.6. The van der Waals surface area contributed by atoms with Crippen molar-refractivity contribution in [3.63, 3.8) is 0 Å². The number of carbonyl (C=O) groups excluding carboxylic acids is 1. The Morgan fingerprint density at radius 2 is 2.00 bits per heavy atom. The van der Waals surface area contributed by atoms with Gasteiger partial charge in [0.1, 0.15) is 16.4 Å². The molecule has 140 valence electrons. The zero-order valence-corrected chi connectivity index (χ0v) is 15.5. The van der Waals surface area contributed by atoms with E-state index in [0.29, 0.717) is 0 Å². The van der Waals surface area contributed by atoms with Gasteiger partial charge in [0.2, 0.25) is 15.9 Å². The predicted molar refractivity (Wildman–Crippen MR) is 99.5 cm³/mol. The summed E-state index contributed by atoms with van der Waals surface area (Å²) in [5, 5.41) is 11.2. The number of nitrogens with zero attached hydrogens (tertiary/aromatic N) is 2. The molecule has 0 aromatic heterocycles. The van der Waals surface area contributed by atoms with E-state index in [4.69, 9.17) is 37.5 Å². The molecule has 2 aromatic rings. The van der Waals surface area contributed by atoms with Crippen molar-refractivity contribution in [2.24, 2.45) is 0 Å². The zero-order chi connectivity index (χ0) is 25.8. The van der Waals surface area contributed by atoms with Gasteiger partial charge in [-0.1, -0.05) is 23.2 Å². The molecule has 27 heavy (non-hydrogen) atoms. The van der Waals surface area contributed by atoms with Crippen LogP contribution in [0.5, 0.6) is 11.5 Å². The number of nitriles is 1. The molecule has 1 heterocycles. The van der Waals surface area contributed by atoms with E-state index >= 15 is 0 Å². The number of benzene rings is 2. The molecule has 1 aliphatic heterocycles. The quantitative estimate of drug-likeness (QED) is 0.800. The van der Waals surface area contributed by atoms with Crippen LogP contribution in [-0.4, -0.2) is 38.2 Å². The van der Waals surface area contributed by atoms with Crippen LogP contribution in [-0.2, 0) is 14.8 Å². The molecular formula is C17H13Cl2N3O4S. The molecule has 10 heteroatoms. The average molecular weight is 433 g/mol. The van der Waals surface area contributed by atoms with Crippen molar-refractivity contribution in [3.8, 4) is 17.6 Å². The lowest BCUT2D eigenvalue weighted by Gasteiger charge is -2.26. The van der Waals surface area contributed by atoms with E-state index in [2.05, 4.69) is 0 Å². The lowest BCUT2D eigenvalue weighted by atomic mass is 10.2. The summed E-state index contributed by atoms with van der Waals surface area (Å²) >= 11 is 11.8. The molecule has 1 aliphatic rings. The van der Waals surface area contributed by atoms with E-state index in [9.17, 15) is 18.5 Å². The van der Waals surface area contributed by atoms with Gasteiger partial charge < -0.3 is 10.1 Å². The van der Waals surface area contributed by atoms with E-state index in [-0.39, 0.29) is 20.1 Å². The summed E-state index contributed by atoms with van der Waals surface area (Å²) in [5.74, 6) is -2.32. The molecule has 1 saturated heterocycles. The molecule has 2 aromatic carbocycles. The Balaban J connectivity index is 2.35. The van der Waals surface area contributed by atoms with E-state index in [1.807, 2.05) is 0 Å². The summed E-state index contributed by atoms with van der Waals surface area (Å²) in [5.41, 5.74) is -0.829. The normalized spacial score (nSPS) is 22.6. The molecule has 3 rings (SSSR count). The first-order valence-corrected chi connectivity index (χ1v) is 9.26. The highest BCUT2D eigenvalue weighted by molar-refractivity contribution is 7.89. The van der Waals surface area contributed by atoms with Crippen LogP contribution in [0, 0.1) is 11.3 Å². The van der Waals surface area contributed by atoms with Crippen LogP contribution < -0.4 is 10.1 Å². The van der Waals surface area contributed by atoms with E-state index in [1.165, 1.54) is 24.3 Å².